The van der Waals surface area contributed by atoms with Crippen molar-refractivity contribution in [1.82, 2.24) is 0 Å². The number of thioether (sulfide) groups is 1. The summed E-state index contributed by atoms with van der Waals surface area (Å²) in [5, 5.41) is 0.433. The summed E-state index contributed by atoms with van der Waals surface area (Å²) >= 11 is 1.76. The number of anilines is 1. The van der Waals surface area contributed by atoms with E-state index in [1.54, 1.807) is 16.7 Å². The summed E-state index contributed by atoms with van der Waals surface area (Å²) < 4.78 is 9.92. The van der Waals surface area contributed by atoms with Gasteiger partial charge in [0.2, 0.25) is 0 Å². The third-order valence-electron chi connectivity index (χ3n) is 3.63. The van der Waals surface area contributed by atoms with Gasteiger partial charge in [0, 0.05) is 16.7 Å². The zero-order valence-corrected chi connectivity index (χ0v) is 13.5. The Labute approximate surface area is 138 Å². The monoisotopic (exact) mass is 331 g/mol. The first-order valence-corrected chi connectivity index (χ1v) is 8.28. The van der Waals surface area contributed by atoms with Gasteiger partial charge < -0.3 is 14.1 Å². The van der Waals surface area contributed by atoms with E-state index in [9.17, 15) is 9.59 Å². The first-order valence-electron chi connectivity index (χ1n) is 7.40. The molecule has 2 aromatic rings. The minimum Gasteiger partial charge on any atom is -0.472 e. The number of hydrogen-bond donors (Lipinski definition) is 0. The summed E-state index contributed by atoms with van der Waals surface area (Å²) in [7, 11) is 0. The van der Waals surface area contributed by atoms with Crippen LogP contribution < -0.4 is 4.90 Å². The van der Waals surface area contributed by atoms with Crippen LogP contribution in [0.15, 0.2) is 52.2 Å². The largest absolute Gasteiger partial charge is 0.472 e. The van der Waals surface area contributed by atoms with Crippen molar-refractivity contribution in [2.75, 3.05) is 18.1 Å². The molecule has 2 heterocycles. The fourth-order valence-electron chi connectivity index (χ4n) is 2.42. The van der Waals surface area contributed by atoms with Crippen molar-refractivity contribution in [3.05, 3.63) is 48.4 Å². The molecule has 0 bridgehead atoms. The van der Waals surface area contributed by atoms with E-state index in [1.807, 2.05) is 24.3 Å². The first kappa shape index (κ1) is 15.7. The Kier molecular flexibility index (Phi) is 4.71. The van der Waals surface area contributed by atoms with Gasteiger partial charge in [0.1, 0.15) is 6.26 Å². The highest BCUT2D eigenvalue weighted by Gasteiger charge is 2.25. The lowest BCUT2D eigenvalue weighted by Crippen LogP contribution is -2.35. The van der Waals surface area contributed by atoms with E-state index >= 15 is 0 Å². The van der Waals surface area contributed by atoms with Crippen LogP contribution in [-0.2, 0) is 9.53 Å². The highest BCUT2D eigenvalue weighted by molar-refractivity contribution is 8.00. The number of nitrogens with zero attached hydrogens (tertiary/aromatic N) is 1. The summed E-state index contributed by atoms with van der Waals surface area (Å²) in [5.74, 6) is -0.776. The van der Waals surface area contributed by atoms with Crippen molar-refractivity contribution in [1.29, 1.82) is 0 Å². The van der Waals surface area contributed by atoms with Gasteiger partial charge in [-0.05, 0) is 24.6 Å². The number of carbonyl (C=O) groups is 2. The molecule has 1 aliphatic rings. The van der Waals surface area contributed by atoms with E-state index in [2.05, 4.69) is 6.92 Å². The molecule has 120 valence electrons. The van der Waals surface area contributed by atoms with Crippen LogP contribution in [0.1, 0.15) is 23.7 Å². The molecule has 0 fully saturated rings. The molecule has 3 rings (SSSR count). The molecule has 0 aliphatic carbocycles. The minimum atomic E-state index is -0.557. The van der Waals surface area contributed by atoms with E-state index < -0.39 is 5.97 Å². The van der Waals surface area contributed by atoms with E-state index in [0.29, 0.717) is 17.4 Å². The predicted molar refractivity (Wildman–Crippen MR) is 87.7 cm³/mol. The summed E-state index contributed by atoms with van der Waals surface area (Å²) in [6.45, 7) is 2.49. The molecule has 0 N–H and O–H groups in total. The maximum absolute atomic E-state index is 12.5. The van der Waals surface area contributed by atoms with Crippen LogP contribution in [0.4, 0.5) is 5.69 Å². The van der Waals surface area contributed by atoms with Crippen LogP contribution in [0, 0.1) is 0 Å². The topological polar surface area (TPSA) is 59.8 Å². The van der Waals surface area contributed by atoms with Crippen molar-refractivity contribution in [3.63, 3.8) is 0 Å². The molecular formula is C17H17NO4S. The summed E-state index contributed by atoms with van der Waals surface area (Å²) in [6.07, 6.45) is 3.58. The summed E-state index contributed by atoms with van der Waals surface area (Å²) in [5.41, 5.74) is 1.18. The van der Waals surface area contributed by atoms with E-state index in [4.69, 9.17) is 9.15 Å². The molecule has 1 aliphatic heterocycles. The Balaban J connectivity index is 1.70. The van der Waals surface area contributed by atoms with Gasteiger partial charge in [-0.1, -0.05) is 19.1 Å². The molecule has 6 heteroatoms. The smallest absolute Gasteiger partial charge is 0.341 e. The summed E-state index contributed by atoms with van der Waals surface area (Å²) in [6, 6.07) is 9.32. The van der Waals surface area contributed by atoms with Crippen LogP contribution in [0.3, 0.4) is 0 Å². The molecule has 1 aromatic heterocycles. The number of carbonyl (C=O) groups excluding carboxylic acids is 2. The van der Waals surface area contributed by atoms with Gasteiger partial charge in [0.15, 0.2) is 6.61 Å². The number of hydrogen-bond acceptors (Lipinski definition) is 5. The van der Waals surface area contributed by atoms with Gasteiger partial charge in [0.25, 0.3) is 5.91 Å². The van der Waals surface area contributed by atoms with Gasteiger partial charge in [0.05, 0.1) is 17.5 Å². The number of para-hydroxylation sites is 1. The normalized spacial score (nSPS) is 17.3. The molecule has 1 unspecified atom stereocenters. The second-order valence-corrected chi connectivity index (χ2v) is 6.80. The molecule has 23 heavy (non-hydrogen) atoms. The SMILES string of the molecule is CC1CCN(C(=O)COC(=O)c2ccoc2)c2ccccc2S1. The zero-order chi connectivity index (χ0) is 16.2. The van der Waals surface area contributed by atoms with Crippen molar-refractivity contribution in [2.45, 2.75) is 23.5 Å². The number of ether oxygens (including phenoxy) is 1. The molecule has 0 saturated heterocycles. The lowest BCUT2D eigenvalue weighted by Gasteiger charge is -2.22. The van der Waals surface area contributed by atoms with Crippen molar-refractivity contribution < 1.29 is 18.7 Å². The highest BCUT2D eigenvalue weighted by atomic mass is 32.2. The van der Waals surface area contributed by atoms with Crippen LogP contribution in [0.25, 0.3) is 0 Å². The number of benzene rings is 1. The minimum absolute atomic E-state index is 0.219. The van der Waals surface area contributed by atoms with Crippen molar-refractivity contribution in [3.8, 4) is 0 Å². The maximum Gasteiger partial charge on any atom is 0.341 e. The molecule has 1 aromatic carbocycles. The predicted octanol–water partition coefficient (Wildman–Crippen LogP) is 3.35. The fraction of sp³-hybridized carbons (Fsp3) is 0.294. The molecule has 0 radical (unpaired) electrons. The quantitative estimate of drug-likeness (QED) is 0.807. The number of rotatable bonds is 3. The van der Waals surface area contributed by atoms with Gasteiger partial charge in [-0.3, -0.25) is 4.79 Å². The van der Waals surface area contributed by atoms with Crippen LogP contribution in [-0.4, -0.2) is 30.3 Å². The molecular weight excluding hydrogens is 314 g/mol. The fourth-order valence-corrected chi connectivity index (χ4v) is 3.53. The van der Waals surface area contributed by atoms with Crippen molar-refractivity contribution >= 4 is 29.3 Å². The first-order chi connectivity index (χ1) is 11.1. The standard InChI is InChI=1S/C17H17NO4S/c1-12-6-8-18(14-4-2-3-5-15(14)23-12)16(19)11-22-17(20)13-7-9-21-10-13/h2-5,7,9-10,12H,6,8,11H2,1H3. The van der Waals surface area contributed by atoms with Crippen molar-refractivity contribution in [2.24, 2.45) is 0 Å². The number of fused-ring (bicyclic) bond motifs is 1. The third-order valence-corrected chi connectivity index (χ3v) is 4.87. The Morgan fingerprint density at radius 2 is 2.17 bits per heavy atom. The molecule has 0 saturated carbocycles. The Bertz CT molecular complexity index is 698. The van der Waals surface area contributed by atoms with Gasteiger partial charge in [-0.15, -0.1) is 11.8 Å². The maximum atomic E-state index is 12.5. The second kappa shape index (κ2) is 6.91. The van der Waals surface area contributed by atoms with Gasteiger partial charge in [-0.25, -0.2) is 4.79 Å². The Morgan fingerprint density at radius 3 is 2.96 bits per heavy atom. The number of furan rings is 1. The number of amides is 1. The van der Waals surface area contributed by atoms with E-state index in [-0.39, 0.29) is 12.5 Å². The Morgan fingerprint density at radius 1 is 1.35 bits per heavy atom. The average Bonchev–Trinajstić information content (AvgIpc) is 3.03. The molecule has 1 atom stereocenters. The second-order valence-electron chi connectivity index (χ2n) is 5.32. The zero-order valence-electron chi connectivity index (χ0n) is 12.7. The van der Waals surface area contributed by atoms with Crippen LogP contribution >= 0.6 is 11.8 Å². The average molecular weight is 331 g/mol. The van der Waals surface area contributed by atoms with E-state index in [0.717, 1.165) is 17.0 Å². The lowest BCUT2D eigenvalue weighted by atomic mass is 10.2. The summed E-state index contributed by atoms with van der Waals surface area (Å²) in [4.78, 5) is 27.1. The molecule has 1 amide bonds. The Hall–Kier alpha value is -2.21. The third kappa shape index (κ3) is 3.59. The van der Waals surface area contributed by atoms with Crippen LogP contribution in [0.5, 0.6) is 0 Å². The highest BCUT2D eigenvalue weighted by Crippen LogP contribution is 2.37. The van der Waals surface area contributed by atoms with Gasteiger partial charge >= 0.3 is 5.97 Å². The number of esters is 1. The van der Waals surface area contributed by atoms with Gasteiger partial charge in [-0.2, -0.15) is 0 Å². The molecule has 5 nitrogen and oxygen atoms in total. The van der Waals surface area contributed by atoms with Crippen LogP contribution in [0.2, 0.25) is 0 Å². The molecule has 0 spiro atoms. The van der Waals surface area contributed by atoms with E-state index in [1.165, 1.54) is 18.6 Å². The lowest BCUT2D eigenvalue weighted by molar-refractivity contribution is -0.121.